The third kappa shape index (κ3) is 2.71. The Kier molecular flexibility index (Phi) is 3.73. The van der Waals surface area contributed by atoms with E-state index in [1.165, 1.54) is 35.8 Å². The highest BCUT2D eigenvalue weighted by atomic mass is 19.1. The lowest BCUT2D eigenvalue weighted by atomic mass is 10.1. The van der Waals surface area contributed by atoms with Crippen LogP contribution in [-0.2, 0) is 9.53 Å². The monoisotopic (exact) mass is 348 g/mol. The molecular formula is C20H13FN2O3. The molecule has 26 heavy (non-hydrogen) atoms. The molecule has 2 heterocycles. The van der Waals surface area contributed by atoms with Gasteiger partial charge >= 0.3 is 5.97 Å². The number of ether oxygens (including phenoxy) is 1. The summed E-state index contributed by atoms with van der Waals surface area (Å²) in [6.07, 6.45) is 3.25. The van der Waals surface area contributed by atoms with E-state index in [2.05, 4.69) is 4.99 Å². The summed E-state index contributed by atoms with van der Waals surface area (Å²) in [5.41, 5.74) is 2.07. The van der Waals surface area contributed by atoms with E-state index in [0.29, 0.717) is 11.1 Å². The molecule has 0 fully saturated rings. The number of esters is 1. The number of rotatable bonds is 2. The van der Waals surface area contributed by atoms with E-state index in [-0.39, 0.29) is 23.3 Å². The molecule has 1 aliphatic rings. The molecule has 0 amide bonds. The second kappa shape index (κ2) is 6.07. The van der Waals surface area contributed by atoms with Gasteiger partial charge in [-0.25, -0.2) is 14.2 Å². The number of aromatic nitrogens is 1. The number of hydrogen-bond acceptors (Lipinski definition) is 4. The van der Waals surface area contributed by atoms with Crippen molar-refractivity contribution in [2.24, 2.45) is 4.99 Å². The predicted molar refractivity (Wildman–Crippen MR) is 95.2 cm³/mol. The molecule has 0 atom stereocenters. The van der Waals surface area contributed by atoms with Gasteiger partial charge < -0.3 is 4.74 Å². The summed E-state index contributed by atoms with van der Waals surface area (Å²) in [7, 11) is 0. The number of aliphatic imine (C=N–C) groups is 1. The van der Waals surface area contributed by atoms with Crippen molar-refractivity contribution < 1.29 is 18.7 Å². The molecule has 0 N–H and O–H groups in total. The van der Waals surface area contributed by atoms with E-state index in [0.717, 1.165) is 10.9 Å². The second-order valence-corrected chi connectivity index (χ2v) is 5.83. The number of fused-ring (bicyclic) bond motifs is 1. The summed E-state index contributed by atoms with van der Waals surface area (Å²) in [6, 6.07) is 12.9. The van der Waals surface area contributed by atoms with Crippen LogP contribution in [0, 0.1) is 5.82 Å². The van der Waals surface area contributed by atoms with Crippen LogP contribution in [0.4, 0.5) is 4.39 Å². The third-order valence-electron chi connectivity index (χ3n) is 4.09. The van der Waals surface area contributed by atoms with Crippen molar-refractivity contribution in [1.82, 2.24) is 4.57 Å². The molecule has 0 bridgehead atoms. The van der Waals surface area contributed by atoms with Gasteiger partial charge in [0.25, 0.3) is 0 Å². The number of halogens is 1. The average molecular weight is 348 g/mol. The lowest BCUT2D eigenvalue weighted by Gasteiger charge is -1.98. The van der Waals surface area contributed by atoms with E-state index in [1.807, 2.05) is 24.3 Å². The van der Waals surface area contributed by atoms with E-state index in [1.54, 1.807) is 12.3 Å². The molecule has 4 rings (SSSR count). The highest BCUT2D eigenvalue weighted by molar-refractivity contribution is 6.13. The van der Waals surface area contributed by atoms with Crippen molar-refractivity contribution in [3.63, 3.8) is 0 Å². The van der Waals surface area contributed by atoms with Crippen molar-refractivity contribution in [2.45, 2.75) is 6.92 Å². The average Bonchev–Trinajstić information content (AvgIpc) is 3.18. The standard InChI is InChI=1S/C20H13FN2O3/c1-12(24)23-11-14(16-4-2-3-5-18(16)23)10-17-20(25)26-19(22-17)13-6-8-15(21)9-7-13/h2-11H,1H3/b17-10-. The van der Waals surface area contributed by atoms with Crippen LogP contribution in [0.25, 0.3) is 17.0 Å². The Labute approximate surface area is 148 Å². The highest BCUT2D eigenvalue weighted by Crippen LogP contribution is 2.26. The number of carbonyl (C=O) groups excluding carboxylic acids is 2. The number of carbonyl (C=O) groups is 2. The quantitative estimate of drug-likeness (QED) is 0.523. The first-order chi connectivity index (χ1) is 12.5. The van der Waals surface area contributed by atoms with Crippen molar-refractivity contribution in [3.8, 4) is 0 Å². The molecule has 0 aliphatic carbocycles. The fourth-order valence-corrected chi connectivity index (χ4v) is 2.85. The van der Waals surface area contributed by atoms with Crippen molar-refractivity contribution in [3.05, 3.63) is 77.4 Å². The summed E-state index contributed by atoms with van der Waals surface area (Å²) in [6.45, 7) is 1.47. The summed E-state index contributed by atoms with van der Waals surface area (Å²) in [5, 5.41) is 0.827. The minimum Gasteiger partial charge on any atom is -0.402 e. The summed E-state index contributed by atoms with van der Waals surface area (Å²) < 4.78 is 19.7. The molecule has 128 valence electrons. The first-order valence-electron chi connectivity index (χ1n) is 7.92. The predicted octanol–water partition coefficient (Wildman–Crippen LogP) is 3.79. The molecular weight excluding hydrogens is 335 g/mol. The SMILES string of the molecule is CC(=O)n1cc(/C=C2\N=C(c3ccc(F)cc3)OC2=O)c2ccccc21. The van der Waals surface area contributed by atoms with Crippen LogP contribution in [0.5, 0.6) is 0 Å². The topological polar surface area (TPSA) is 60.7 Å². The van der Waals surface area contributed by atoms with Gasteiger partial charge in [0.15, 0.2) is 5.70 Å². The van der Waals surface area contributed by atoms with Crippen molar-refractivity contribution in [1.29, 1.82) is 0 Å². The minimum atomic E-state index is -0.594. The fourth-order valence-electron chi connectivity index (χ4n) is 2.85. The Morgan fingerprint density at radius 2 is 1.88 bits per heavy atom. The maximum Gasteiger partial charge on any atom is 0.363 e. The minimum absolute atomic E-state index is 0.121. The second-order valence-electron chi connectivity index (χ2n) is 5.83. The molecule has 1 aromatic heterocycles. The Bertz CT molecular complexity index is 1110. The van der Waals surface area contributed by atoms with E-state index in [4.69, 9.17) is 4.74 Å². The van der Waals surface area contributed by atoms with E-state index >= 15 is 0 Å². The van der Waals surface area contributed by atoms with Crippen molar-refractivity contribution >= 4 is 34.8 Å². The van der Waals surface area contributed by atoms with Crippen LogP contribution >= 0.6 is 0 Å². The van der Waals surface area contributed by atoms with E-state index < -0.39 is 5.97 Å². The normalized spacial score (nSPS) is 15.4. The first kappa shape index (κ1) is 16.0. The largest absolute Gasteiger partial charge is 0.402 e. The first-order valence-corrected chi connectivity index (χ1v) is 7.92. The molecule has 5 nitrogen and oxygen atoms in total. The van der Waals surface area contributed by atoms with Gasteiger partial charge in [-0.1, -0.05) is 18.2 Å². The fraction of sp³-hybridized carbons (Fsp3) is 0.0500. The number of nitrogens with zero attached hydrogens (tertiary/aromatic N) is 2. The molecule has 1 aliphatic heterocycles. The van der Waals surface area contributed by atoms with Crippen molar-refractivity contribution in [2.75, 3.05) is 0 Å². The van der Waals surface area contributed by atoms with Gasteiger partial charge in [-0.05, 0) is 36.4 Å². The molecule has 6 heteroatoms. The molecule has 0 radical (unpaired) electrons. The number of benzene rings is 2. The van der Waals surface area contributed by atoms with Gasteiger partial charge in [0.2, 0.25) is 11.8 Å². The maximum atomic E-state index is 13.0. The van der Waals surface area contributed by atoms with Crippen LogP contribution in [0.15, 0.2) is 65.4 Å². The molecule has 0 spiro atoms. The zero-order chi connectivity index (χ0) is 18.3. The van der Waals surface area contributed by atoms with Gasteiger partial charge in [0.1, 0.15) is 5.82 Å². The van der Waals surface area contributed by atoms with Crippen LogP contribution in [-0.4, -0.2) is 22.3 Å². The molecule has 2 aromatic carbocycles. The number of hydrogen-bond donors (Lipinski definition) is 0. The zero-order valence-corrected chi connectivity index (χ0v) is 13.8. The van der Waals surface area contributed by atoms with E-state index in [9.17, 15) is 14.0 Å². The Morgan fingerprint density at radius 3 is 2.62 bits per heavy atom. The molecule has 0 saturated heterocycles. The van der Waals surface area contributed by atoms with Crippen LogP contribution in [0.3, 0.4) is 0 Å². The number of para-hydroxylation sites is 1. The lowest BCUT2D eigenvalue weighted by molar-refractivity contribution is -0.129. The van der Waals surface area contributed by atoms with Gasteiger partial charge in [-0.3, -0.25) is 9.36 Å². The molecule has 0 unspecified atom stereocenters. The van der Waals surface area contributed by atoms with Crippen LogP contribution in [0.2, 0.25) is 0 Å². The smallest absolute Gasteiger partial charge is 0.363 e. The highest BCUT2D eigenvalue weighted by Gasteiger charge is 2.24. The molecule has 0 saturated carbocycles. The van der Waals surface area contributed by atoms with Crippen LogP contribution in [0.1, 0.15) is 22.8 Å². The zero-order valence-electron chi connectivity index (χ0n) is 13.8. The van der Waals surface area contributed by atoms with Gasteiger partial charge in [-0.2, -0.15) is 0 Å². The number of cyclic esters (lactones) is 1. The molecule has 3 aromatic rings. The Hall–Kier alpha value is -3.54. The van der Waals surface area contributed by atoms with Gasteiger partial charge in [0, 0.05) is 29.6 Å². The van der Waals surface area contributed by atoms with Gasteiger partial charge in [0.05, 0.1) is 5.52 Å². The Morgan fingerprint density at radius 1 is 1.15 bits per heavy atom. The van der Waals surface area contributed by atoms with Gasteiger partial charge in [-0.15, -0.1) is 0 Å². The summed E-state index contributed by atoms with van der Waals surface area (Å²) in [4.78, 5) is 28.2. The summed E-state index contributed by atoms with van der Waals surface area (Å²) in [5.74, 6) is -0.984. The summed E-state index contributed by atoms with van der Waals surface area (Å²) >= 11 is 0. The lowest BCUT2D eigenvalue weighted by Crippen LogP contribution is -2.05. The third-order valence-corrected chi connectivity index (χ3v) is 4.09. The maximum absolute atomic E-state index is 13.0. The Balaban J connectivity index is 1.79. The van der Waals surface area contributed by atoms with Crippen LogP contribution < -0.4 is 0 Å².